The van der Waals surface area contributed by atoms with E-state index in [0.29, 0.717) is 13.1 Å². The molecule has 1 aromatic rings. The first kappa shape index (κ1) is 16.0. The summed E-state index contributed by atoms with van der Waals surface area (Å²) in [5.74, 6) is 0.838. The number of aryl methyl sites for hydroxylation is 1. The molecule has 3 rings (SSSR count). The first-order valence-electron chi connectivity index (χ1n) is 8.51. The van der Waals surface area contributed by atoms with Crippen molar-refractivity contribution in [2.24, 2.45) is 0 Å². The van der Waals surface area contributed by atoms with E-state index in [9.17, 15) is 9.90 Å². The lowest BCUT2D eigenvalue weighted by Crippen LogP contribution is -2.54. The van der Waals surface area contributed by atoms with E-state index in [1.54, 1.807) is 0 Å². The molecule has 0 saturated carbocycles. The molecule has 2 aliphatic rings. The SMILES string of the molecule is CCc1cc(N2CCNC(C(=O)O)C2)nc(N2CCCCC2)n1. The summed E-state index contributed by atoms with van der Waals surface area (Å²) in [5, 5.41) is 12.3. The number of piperazine rings is 1. The summed E-state index contributed by atoms with van der Waals surface area (Å²) in [6, 6.07) is 1.46. The molecule has 1 unspecified atom stereocenters. The summed E-state index contributed by atoms with van der Waals surface area (Å²) in [5.41, 5.74) is 1.01. The number of carbonyl (C=O) groups is 1. The Balaban J connectivity index is 1.84. The number of carboxylic acid groups (broad SMARTS) is 1. The Morgan fingerprint density at radius 1 is 1.26 bits per heavy atom. The zero-order chi connectivity index (χ0) is 16.2. The van der Waals surface area contributed by atoms with Crippen molar-refractivity contribution in [3.05, 3.63) is 11.8 Å². The molecule has 0 aliphatic carbocycles. The van der Waals surface area contributed by atoms with E-state index >= 15 is 0 Å². The number of aromatic nitrogens is 2. The topological polar surface area (TPSA) is 81.6 Å². The van der Waals surface area contributed by atoms with E-state index in [1.165, 1.54) is 19.3 Å². The van der Waals surface area contributed by atoms with Gasteiger partial charge in [-0.05, 0) is 25.7 Å². The van der Waals surface area contributed by atoms with Gasteiger partial charge in [0.25, 0.3) is 0 Å². The van der Waals surface area contributed by atoms with Gasteiger partial charge < -0.3 is 20.2 Å². The molecule has 7 nitrogen and oxygen atoms in total. The van der Waals surface area contributed by atoms with Crippen molar-refractivity contribution >= 4 is 17.7 Å². The van der Waals surface area contributed by atoms with E-state index in [1.807, 2.05) is 6.07 Å². The third-order valence-corrected chi connectivity index (χ3v) is 4.55. The lowest BCUT2D eigenvalue weighted by Gasteiger charge is -2.33. The van der Waals surface area contributed by atoms with Crippen LogP contribution in [0.1, 0.15) is 31.9 Å². The minimum absolute atomic E-state index is 0.439. The first-order chi connectivity index (χ1) is 11.2. The van der Waals surface area contributed by atoms with Gasteiger partial charge in [-0.25, -0.2) is 4.98 Å². The van der Waals surface area contributed by atoms with Crippen LogP contribution in [0, 0.1) is 0 Å². The van der Waals surface area contributed by atoms with Gasteiger partial charge in [0, 0.05) is 44.5 Å². The van der Waals surface area contributed by atoms with Gasteiger partial charge in [-0.3, -0.25) is 4.79 Å². The summed E-state index contributed by atoms with van der Waals surface area (Å²) in [6.45, 7) is 5.96. The molecule has 0 amide bonds. The zero-order valence-corrected chi connectivity index (χ0v) is 13.7. The molecular formula is C16H25N5O2. The molecule has 2 saturated heterocycles. The Morgan fingerprint density at radius 2 is 2.04 bits per heavy atom. The minimum Gasteiger partial charge on any atom is -0.480 e. The molecule has 0 aromatic carbocycles. The molecule has 7 heteroatoms. The minimum atomic E-state index is -0.810. The fourth-order valence-electron chi connectivity index (χ4n) is 3.17. The Labute approximate surface area is 136 Å². The molecule has 0 spiro atoms. The maximum absolute atomic E-state index is 11.2. The number of aliphatic carboxylic acids is 1. The Bertz CT molecular complexity index is 559. The van der Waals surface area contributed by atoms with Crippen LogP contribution in [0.25, 0.3) is 0 Å². The molecule has 1 atom stereocenters. The number of hydrogen-bond donors (Lipinski definition) is 2. The van der Waals surface area contributed by atoms with E-state index in [2.05, 4.69) is 27.0 Å². The quantitative estimate of drug-likeness (QED) is 0.853. The fraction of sp³-hybridized carbons (Fsp3) is 0.688. The maximum Gasteiger partial charge on any atom is 0.322 e. The average molecular weight is 319 g/mol. The smallest absolute Gasteiger partial charge is 0.322 e. The van der Waals surface area contributed by atoms with Crippen LogP contribution in [-0.4, -0.2) is 59.8 Å². The van der Waals surface area contributed by atoms with E-state index in [0.717, 1.165) is 43.5 Å². The largest absolute Gasteiger partial charge is 0.480 e. The maximum atomic E-state index is 11.2. The van der Waals surface area contributed by atoms with Gasteiger partial charge >= 0.3 is 5.97 Å². The highest BCUT2D eigenvalue weighted by Crippen LogP contribution is 2.22. The second-order valence-electron chi connectivity index (χ2n) is 6.21. The Hall–Kier alpha value is -1.89. The third-order valence-electron chi connectivity index (χ3n) is 4.55. The van der Waals surface area contributed by atoms with Gasteiger partial charge in [0.2, 0.25) is 5.95 Å². The summed E-state index contributed by atoms with van der Waals surface area (Å²) < 4.78 is 0. The predicted octanol–water partition coefficient (Wildman–Crippen LogP) is 0.892. The number of hydrogen-bond acceptors (Lipinski definition) is 6. The van der Waals surface area contributed by atoms with Crippen LogP contribution < -0.4 is 15.1 Å². The third kappa shape index (κ3) is 3.72. The molecule has 0 bridgehead atoms. The van der Waals surface area contributed by atoms with Crippen LogP contribution in [0.3, 0.4) is 0 Å². The molecule has 126 valence electrons. The van der Waals surface area contributed by atoms with Crippen LogP contribution >= 0.6 is 0 Å². The van der Waals surface area contributed by atoms with Crippen LogP contribution in [0.15, 0.2) is 6.07 Å². The summed E-state index contributed by atoms with van der Waals surface area (Å²) in [4.78, 5) is 25.0. The second-order valence-corrected chi connectivity index (χ2v) is 6.21. The number of anilines is 2. The van der Waals surface area contributed by atoms with Gasteiger partial charge in [0.1, 0.15) is 11.9 Å². The Morgan fingerprint density at radius 3 is 2.74 bits per heavy atom. The zero-order valence-electron chi connectivity index (χ0n) is 13.7. The van der Waals surface area contributed by atoms with E-state index in [-0.39, 0.29) is 0 Å². The van der Waals surface area contributed by atoms with Gasteiger partial charge in [-0.2, -0.15) is 4.98 Å². The van der Waals surface area contributed by atoms with Crippen molar-refractivity contribution in [1.82, 2.24) is 15.3 Å². The number of nitrogens with zero attached hydrogens (tertiary/aromatic N) is 4. The number of rotatable bonds is 4. The summed E-state index contributed by atoms with van der Waals surface area (Å²) >= 11 is 0. The summed E-state index contributed by atoms with van der Waals surface area (Å²) in [7, 11) is 0. The molecule has 3 heterocycles. The molecule has 1 aromatic heterocycles. The number of piperidine rings is 1. The van der Waals surface area contributed by atoms with Crippen molar-refractivity contribution in [3.63, 3.8) is 0 Å². The lowest BCUT2D eigenvalue weighted by molar-refractivity contribution is -0.139. The molecule has 2 fully saturated rings. The highest BCUT2D eigenvalue weighted by atomic mass is 16.4. The van der Waals surface area contributed by atoms with E-state index in [4.69, 9.17) is 4.98 Å². The monoisotopic (exact) mass is 319 g/mol. The Kier molecular flexibility index (Phi) is 4.95. The predicted molar refractivity (Wildman–Crippen MR) is 89.1 cm³/mol. The van der Waals surface area contributed by atoms with E-state index < -0.39 is 12.0 Å². The van der Waals surface area contributed by atoms with Gasteiger partial charge in [-0.1, -0.05) is 6.92 Å². The normalized spacial score (nSPS) is 22.2. The van der Waals surface area contributed by atoms with Crippen molar-refractivity contribution in [2.75, 3.05) is 42.5 Å². The van der Waals surface area contributed by atoms with Gasteiger partial charge in [-0.15, -0.1) is 0 Å². The molecule has 23 heavy (non-hydrogen) atoms. The number of carboxylic acids is 1. The molecule has 0 radical (unpaired) electrons. The van der Waals surface area contributed by atoms with Crippen LogP contribution in [0.2, 0.25) is 0 Å². The fourth-order valence-corrected chi connectivity index (χ4v) is 3.17. The first-order valence-corrected chi connectivity index (χ1v) is 8.51. The van der Waals surface area contributed by atoms with Crippen molar-refractivity contribution in [2.45, 2.75) is 38.6 Å². The van der Waals surface area contributed by atoms with Crippen LogP contribution in [0.5, 0.6) is 0 Å². The molecule has 2 N–H and O–H groups in total. The second kappa shape index (κ2) is 7.12. The van der Waals surface area contributed by atoms with Gasteiger partial charge in [0.15, 0.2) is 0 Å². The van der Waals surface area contributed by atoms with Crippen molar-refractivity contribution in [1.29, 1.82) is 0 Å². The van der Waals surface area contributed by atoms with Gasteiger partial charge in [0.05, 0.1) is 0 Å². The standard InChI is InChI=1S/C16H25N5O2/c1-2-12-10-14(21-9-6-17-13(11-21)15(22)23)19-16(18-12)20-7-4-3-5-8-20/h10,13,17H,2-9,11H2,1H3,(H,22,23). The van der Waals surface area contributed by atoms with Crippen LogP contribution in [-0.2, 0) is 11.2 Å². The van der Waals surface area contributed by atoms with Crippen molar-refractivity contribution < 1.29 is 9.90 Å². The average Bonchev–Trinajstić information content (AvgIpc) is 2.62. The highest BCUT2D eigenvalue weighted by molar-refractivity contribution is 5.74. The summed E-state index contributed by atoms with van der Waals surface area (Å²) in [6.07, 6.45) is 4.49. The number of nitrogens with one attached hydrogen (secondary N) is 1. The molecular weight excluding hydrogens is 294 g/mol. The van der Waals surface area contributed by atoms with Crippen LogP contribution in [0.4, 0.5) is 11.8 Å². The van der Waals surface area contributed by atoms with Crippen molar-refractivity contribution in [3.8, 4) is 0 Å². The molecule has 2 aliphatic heterocycles. The lowest BCUT2D eigenvalue weighted by atomic mass is 10.1. The highest BCUT2D eigenvalue weighted by Gasteiger charge is 2.26.